The van der Waals surface area contributed by atoms with Crippen LogP contribution < -0.4 is 10.6 Å². The molecule has 0 radical (unpaired) electrons. The molecule has 6 heteroatoms. The van der Waals surface area contributed by atoms with E-state index in [0.717, 1.165) is 26.1 Å². The SMILES string of the molecule is CC1CN(C)CCCN1c1nnc(N)o1. The van der Waals surface area contributed by atoms with E-state index in [1.165, 1.54) is 0 Å². The first-order valence-electron chi connectivity index (χ1n) is 5.21. The number of likely N-dealkylation sites (N-methyl/N-ethyl adjacent to an activating group) is 1. The molecule has 1 aromatic heterocycles. The van der Waals surface area contributed by atoms with Gasteiger partial charge in [0.05, 0.1) is 0 Å². The van der Waals surface area contributed by atoms with Crippen molar-refractivity contribution in [3.05, 3.63) is 0 Å². The van der Waals surface area contributed by atoms with E-state index < -0.39 is 0 Å². The smallest absolute Gasteiger partial charge is 0.319 e. The van der Waals surface area contributed by atoms with E-state index in [2.05, 4.69) is 34.0 Å². The van der Waals surface area contributed by atoms with E-state index in [-0.39, 0.29) is 6.01 Å². The van der Waals surface area contributed by atoms with Crippen LogP contribution in [0.5, 0.6) is 0 Å². The van der Waals surface area contributed by atoms with E-state index in [1.807, 2.05) is 0 Å². The quantitative estimate of drug-likeness (QED) is 0.714. The maximum atomic E-state index is 5.42. The fourth-order valence-corrected chi connectivity index (χ4v) is 2.00. The first-order valence-corrected chi connectivity index (χ1v) is 5.21. The van der Waals surface area contributed by atoms with Crippen LogP contribution in [0, 0.1) is 0 Å². The van der Waals surface area contributed by atoms with E-state index in [4.69, 9.17) is 10.2 Å². The minimum absolute atomic E-state index is 0.134. The van der Waals surface area contributed by atoms with Gasteiger partial charge in [-0.3, -0.25) is 0 Å². The minimum Gasteiger partial charge on any atom is -0.390 e. The van der Waals surface area contributed by atoms with Crippen LogP contribution >= 0.6 is 0 Å². The van der Waals surface area contributed by atoms with Crippen molar-refractivity contribution >= 4 is 12.0 Å². The van der Waals surface area contributed by atoms with Crippen molar-refractivity contribution in [1.82, 2.24) is 15.1 Å². The van der Waals surface area contributed by atoms with Gasteiger partial charge < -0.3 is 20.0 Å². The normalized spacial score (nSPS) is 24.1. The second-order valence-corrected chi connectivity index (χ2v) is 4.08. The maximum Gasteiger partial charge on any atom is 0.319 e. The Morgan fingerprint density at radius 3 is 2.87 bits per heavy atom. The van der Waals surface area contributed by atoms with Crippen LogP contribution in [0.3, 0.4) is 0 Å². The number of rotatable bonds is 1. The highest BCUT2D eigenvalue weighted by Crippen LogP contribution is 2.19. The molecule has 84 valence electrons. The number of nitrogen functional groups attached to an aromatic ring is 1. The molecule has 0 saturated carbocycles. The van der Waals surface area contributed by atoms with Gasteiger partial charge in [-0.2, -0.15) is 0 Å². The number of nitrogens with two attached hydrogens (primary N) is 1. The average Bonchev–Trinajstić information content (AvgIpc) is 2.51. The van der Waals surface area contributed by atoms with Crippen LogP contribution in [0.25, 0.3) is 0 Å². The molecule has 0 spiro atoms. The highest BCUT2D eigenvalue weighted by atomic mass is 16.4. The van der Waals surface area contributed by atoms with Gasteiger partial charge in [-0.1, -0.05) is 10.2 Å². The molecule has 0 amide bonds. The number of hydrogen-bond acceptors (Lipinski definition) is 6. The highest BCUT2D eigenvalue weighted by molar-refractivity contribution is 5.29. The molecule has 1 aliphatic rings. The summed E-state index contributed by atoms with van der Waals surface area (Å²) in [6.07, 6.45) is 1.10. The molecule has 1 fully saturated rings. The Bertz CT molecular complexity index is 326. The van der Waals surface area contributed by atoms with Gasteiger partial charge >= 0.3 is 12.0 Å². The number of anilines is 2. The van der Waals surface area contributed by atoms with Gasteiger partial charge in [-0.05, 0) is 26.9 Å². The Morgan fingerprint density at radius 2 is 2.20 bits per heavy atom. The lowest BCUT2D eigenvalue weighted by atomic mass is 10.3. The summed E-state index contributed by atoms with van der Waals surface area (Å²) in [6, 6.07) is 1.04. The molecule has 2 rings (SSSR count). The Kier molecular flexibility index (Phi) is 2.77. The number of aromatic nitrogens is 2. The maximum absolute atomic E-state index is 5.42. The third kappa shape index (κ3) is 2.20. The molecule has 1 atom stereocenters. The zero-order valence-electron chi connectivity index (χ0n) is 9.18. The lowest BCUT2D eigenvalue weighted by molar-refractivity contribution is 0.335. The molecule has 2 N–H and O–H groups in total. The lowest BCUT2D eigenvalue weighted by Gasteiger charge is -2.25. The predicted octanol–water partition coefficient (Wildman–Crippen LogP) is 0.182. The standard InChI is InChI=1S/C9H17N5O/c1-7-6-13(2)4-3-5-14(7)9-12-11-8(10)15-9/h7H,3-6H2,1-2H3,(H2,10,11). The van der Waals surface area contributed by atoms with Gasteiger partial charge in [-0.15, -0.1) is 0 Å². The molecule has 1 unspecified atom stereocenters. The van der Waals surface area contributed by atoms with Crippen molar-refractivity contribution in [3.8, 4) is 0 Å². The Labute approximate surface area is 89.0 Å². The average molecular weight is 211 g/mol. The molecular formula is C9H17N5O. The predicted molar refractivity (Wildman–Crippen MR) is 57.6 cm³/mol. The van der Waals surface area contributed by atoms with Crippen LogP contribution in [-0.4, -0.2) is 47.8 Å². The second-order valence-electron chi connectivity index (χ2n) is 4.08. The summed E-state index contributed by atoms with van der Waals surface area (Å²) >= 11 is 0. The molecule has 0 aliphatic carbocycles. The van der Waals surface area contributed by atoms with Gasteiger partial charge in [0, 0.05) is 19.1 Å². The van der Waals surface area contributed by atoms with Crippen molar-refractivity contribution in [2.24, 2.45) is 0 Å². The fourth-order valence-electron chi connectivity index (χ4n) is 2.00. The van der Waals surface area contributed by atoms with Gasteiger partial charge in [0.15, 0.2) is 0 Å². The molecule has 1 saturated heterocycles. The number of hydrogen-bond donors (Lipinski definition) is 1. The minimum atomic E-state index is 0.134. The van der Waals surface area contributed by atoms with Crippen LogP contribution in [0.4, 0.5) is 12.0 Å². The van der Waals surface area contributed by atoms with Crippen LogP contribution in [0.1, 0.15) is 13.3 Å². The van der Waals surface area contributed by atoms with Crippen molar-refractivity contribution in [2.75, 3.05) is 37.3 Å². The van der Waals surface area contributed by atoms with Crippen LogP contribution in [-0.2, 0) is 0 Å². The summed E-state index contributed by atoms with van der Waals surface area (Å²) in [7, 11) is 2.13. The zero-order chi connectivity index (χ0) is 10.8. The molecule has 15 heavy (non-hydrogen) atoms. The summed E-state index contributed by atoms with van der Waals surface area (Å²) in [5.74, 6) is 0. The summed E-state index contributed by atoms with van der Waals surface area (Å²) < 4.78 is 5.25. The third-order valence-corrected chi connectivity index (χ3v) is 2.72. The topological polar surface area (TPSA) is 71.4 Å². The van der Waals surface area contributed by atoms with Crippen molar-refractivity contribution in [3.63, 3.8) is 0 Å². The zero-order valence-corrected chi connectivity index (χ0v) is 9.18. The van der Waals surface area contributed by atoms with Gasteiger partial charge in [-0.25, -0.2) is 0 Å². The first kappa shape index (κ1) is 10.2. The summed E-state index contributed by atoms with van der Waals surface area (Å²) in [4.78, 5) is 4.43. The summed E-state index contributed by atoms with van der Waals surface area (Å²) in [5, 5.41) is 7.60. The summed E-state index contributed by atoms with van der Waals surface area (Å²) in [6.45, 7) is 5.20. The van der Waals surface area contributed by atoms with Crippen LogP contribution in [0.2, 0.25) is 0 Å². The van der Waals surface area contributed by atoms with Crippen molar-refractivity contribution < 1.29 is 4.42 Å². The molecule has 6 nitrogen and oxygen atoms in total. The third-order valence-electron chi connectivity index (χ3n) is 2.72. The van der Waals surface area contributed by atoms with Crippen LogP contribution in [0.15, 0.2) is 4.42 Å². The monoisotopic (exact) mass is 211 g/mol. The second kappa shape index (κ2) is 4.06. The Balaban J connectivity index is 2.13. The van der Waals surface area contributed by atoms with Gasteiger partial charge in [0.2, 0.25) is 0 Å². The molecule has 2 heterocycles. The molecule has 1 aliphatic heterocycles. The Hall–Kier alpha value is -1.30. The highest BCUT2D eigenvalue weighted by Gasteiger charge is 2.23. The summed E-state index contributed by atoms with van der Waals surface area (Å²) in [5.41, 5.74) is 5.42. The lowest BCUT2D eigenvalue weighted by Crippen LogP contribution is -2.38. The Morgan fingerprint density at radius 1 is 1.40 bits per heavy atom. The van der Waals surface area contributed by atoms with E-state index in [9.17, 15) is 0 Å². The van der Waals surface area contributed by atoms with Gasteiger partial charge in [0.1, 0.15) is 0 Å². The van der Waals surface area contributed by atoms with E-state index in [0.29, 0.717) is 12.1 Å². The molecule has 0 aromatic carbocycles. The van der Waals surface area contributed by atoms with E-state index in [1.54, 1.807) is 0 Å². The van der Waals surface area contributed by atoms with Crippen molar-refractivity contribution in [1.29, 1.82) is 0 Å². The van der Waals surface area contributed by atoms with Gasteiger partial charge in [0.25, 0.3) is 0 Å². The largest absolute Gasteiger partial charge is 0.390 e. The fraction of sp³-hybridized carbons (Fsp3) is 0.778. The van der Waals surface area contributed by atoms with Crippen molar-refractivity contribution in [2.45, 2.75) is 19.4 Å². The molecular weight excluding hydrogens is 194 g/mol. The first-order chi connectivity index (χ1) is 7.16. The number of nitrogens with zero attached hydrogens (tertiary/aromatic N) is 4. The molecule has 1 aromatic rings. The molecule has 0 bridgehead atoms. The van der Waals surface area contributed by atoms with E-state index >= 15 is 0 Å².